The number of ether oxygens (including phenoxy) is 3. The van der Waals surface area contributed by atoms with Crippen LogP contribution in [0.2, 0.25) is 0 Å². The highest BCUT2D eigenvalue weighted by Gasteiger charge is 2.40. The smallest absolute Gasteiger partial charge is 0.178 e. The molecule has 3 nitrogen and oxygen atoms in total. The van der Waals surface area contributed by atoms with Gasteiger partial charge in [-0.1, -0.05) is 63.2 Å². The SMILES string of the molecule is CCC(C)(CC)c1cc2ccccc2c2c1C=CC(c1ccc(OC)c(F)c1)(c1ccc(OC)c(F)c1)O2. The van der Waals surface area contributed by atoms with E-state index < -0.39 is 17.2 Å². The topological polar surface area (TPSA) is 27.7 Å². The van der Waals surface area contributed by atoms with Crippen molar-refractivity contribution in [3.8, 4) is 17.2 Å². The molecule has 5 rings (SSSR count). The van der Waals surface area contributed by atoms with Crippen LogP contribution in [-0.4, -0.2) is 14.2 Å². The van der Waals surface area contributed by atoms with Crippen LogP contribution in [0.4, 0.5) is 8.78 Å². The first-order valence-corrected chi connectivity index (χ1v) is 12.9. The summed E-state index contributed by atoms with van der Waals surface area (Å²) < 4.78 is 47.4. The predicted molar refractivity (Wildman–Crippen MR) is 148 cm³/mol. The number of hydrogen-bond donors (Lipinski definition) is 0. The van der Waals surface area contributed by atoms with Gasteiger partial charge < -0.3 is 14.2 Å². The van der Waals surface area contributed by atoms with Crippen LogP contribution < -0.4 is 14.2 Å². The summed E-state index contributed by atoms with van der Waals surface area (Å²) >= 11 is 0. The molecule has 4 aromatic rings. The molecule has 0 N–H and O–H groups in total. The van der Waals surface area contributed by atoms with Gasteiger partial charge in [-0.15, -0.1) is 0 Å². The molecule has 38 heavy (non-hydrogen) atoms. The third-order valence-electron chi connectivity index (χ3n) is 8.16. The third-order valence-corrected chi connectivity index (χ3v) is 8.16. The Labute approximate surface area is 222 Å². The summed E-state index contributed by atoms with van der Waals surface area (Å²) in [5, 5.41) is 2.00. The number of fused-ring (bicyclic) bond motifs is 3. The van der Waals surface area contributed by atoms with Crippen molar-refractivity contribution in [2.24, 2.45) is 0 Å². The maximum absolute atomic E-state index is 15.1. The molecular formula is C33H32F2O3. The Bertz CT molecular complexity index is 1480. The zero-order chi connectivity index (χ0) is 27.1. The van der Waals surface area contributed by atoms with Crippen LogP contribution in [-0.2, 0) is 11.0 Å². The van der Waals surface area contributed by atoms with E-state index >= 15 is 8.78 Å². The number of hydrogen-bond acceptors (Lipinski definition) is 3. The lowest BCUT2D eigenvalue weighted by molar-refractivity contribution is 0.161. The van der Waals surface area contributed by atoms with E-state index in [1.54, 1.807) is 24.3 Å². The lowest BCUT2D eigenvalue weighted by Crippen LogP contribution is -2.35. The molecule has 0 bridgehead atoms. The minimum absolute atomic E-state index is 0.0692. The van der Waals surface area contributed by atoms with Crippen molar-refractivity contribution in [3.05, 3.63) is 107 Å². The van der Waals surface area contributed by atoms with Gasteiger partial charge in [-0.3, -0.25) is 0 Å². The molecule has 0 amide bonds. The van der Waals surface area contributed by atoms with Crippen molar-refractivity contribution >= 4 is 16.8 Å². The van der Waals surface area contributed by atoms with E-state index in [0.717, 1.165) is 29.2 Å². The minimum atomic E-state index is -1.29. The van der Waals surface area contributed by atoms with Gasteiger partial charge in [-0.05, 0) is 65.6 Å². The molecule has 1 aliphatic heterocycles. The van der Waals surface area contributed by atoms with Gasteiger partial charge in [0.25, 0.3) is 0 Å². The number of benzene rings is 4. The number of rotatable bonds is 7. The summed E-state index contributed by atoms with van der Waals surface area (Å²) in [6.45, 7) is 6.66. The Hall–Kier alpha value is -3.86. The van der Waals surface area contributed by atoms with Gasteiger partial charge in [0, 0.05) is 22.1 Å². The first-order valence-electron chi connectivity index (χ1n) is 12.9. The lowest BCUT2D eigenvalue weighted by Gasteiger charge is -2.39. The average molecular weight is 515 g/mol. The van der Waals surface area contributed by atoms with Crippen molar-refractivity contribution in [2.45, 2.75) is 44.6 Å². The second-order valence-corrected chi connectivity index (χ2v) is 10.0. The summed E-state index contributed by atoms with van der Waals surface area (Å²) in [4.78, 5) is 0. The molecule has 0 aliphatic carbocycles. The van der Waals surface area contributed by atoms with Crippen LogP contribution in [0.1, 0.15) is 55.9 Å². The zero-order valence-electron chi connectivity index (χ0n) is 22.4. The van der Waals surface area contributed by atoms with Gasteiger partial charge in [0.15, 0.2) is 28.7 Å². The van der Waals surface area contributed by atoms with Crippen LogP contribution in [0.3, 0.4) is 0 Å². The van der Waals surface area contributed by atoms with E-state index in [-0.39, 0.29) is 16.9 Å². The monoisotopic (exact) mass is 514 g/mol. The maximum atomic E-state index is 15.1. The average Bonchev–Trinajstić information content (AvgIpc) is 2.95. The van der Waals surface area contributed by atoms with Gasteiger partial charge in [0.1, 0.15) is 5.75 Å². The van der Waals surface area contributed by atoms with E-state index in [4.69, 9.17) is 14.2 Å². The molecule has 0 saturated heterocycles. The van der Waals surface area contributed by atoms with Crippen molar-refractivity contribution in [2.75, 3.05) is 14.2 Å². The van der Waals surface area contributed by atoms with Crippen molar-refractivity contribution in [1.29, 1.82) is 0 Å². The fraction of sp³-hybridized carbons (Fsp3) is 0.273. The molecular weight excluding hydrogens is 482 g/mol. The second-order valence-electron chi connectivity index (χ2n) is 10.0. The lowest BCUT2D eigenvalue weighted by atomic mass is 9.73. The molecule has 1 heterocycles. The third kappa shape index (κ3) is 4.01. The Morgan fingerprint density at radius 1 is 0.816 bits per heavy atom. The molecule has 196 valence electrons. The fourth-order valence-corrected chi connectivity index (χ4v) is 5.40. The van der Waals surface area contributed by atoms with Gasteiger partial charge >= 0.3 is 0 Å². The quantitative estimate of drug-likeness (QED) is 0.247. The molecule has 5 heteroatoms. The van der Waals surface area contributed by atoms with E-state index in [1.165, 1.54) is 31.9 Å². The summed E-state index contributed by atoms with van der Waals surface area (Å²) in [6, 6.07) is 19.8. The van der Waals surface area contributed by atoms with E-state index in [2.05, 4.69) is 39.0 Å². The van der Waals surface area contributed by atoms with Gasteiger partial charge in [-0.2, -0.15) is 0 Å². The molecule has 1 aliphatic rings. The Morgan fingerprint density at radius 3 is 1.92 bits per heavy atom. The highest BCUT2D eigenvalue weighted by Crippen LogP contribution is 2.49. The van der Waals surface area contributed by atoms with Gasteiger partial charge in [-0.25, -0.2) is 8.78 Å². The Kier molecular flexibility index (Phi) is 6.64. The maximum Gasteiger partial charge on any atom is 0.178 e. The van der Waals surface area contributed by atoms with Gasteiger partial charge in [0.05, 0.1) is 14.2 Å². The molecule has 4 aromatic carbocycles. The molecule has 0 spiro atoms. The highest BCUT2D eigenvalue weighted by atomic mass is 19.1. The second kappa shape index (κ2) is 9.79. The highest BCUT2D eigenvalue weighted by molar-refractivity contribution is 5.94. The minimum Gasteiger partial charge on any atom is -0.494 e. The fourth-order valence-electron chi connectivity index (χ4n) is 5.40. The van der Waals surface area contributed by atoms with Crippen molar-refractivity contribution in [1.82, 2.24) is 0 Å². The van der Waals surface area contributed by atoms with Crippen LogP contribution in [0.25, 0.3) is 16.8 Å². The van der Waals surface area contributed by atoms with Crippen LogP contribution in [0.5, 0.6) is 17.2 Å². The van der Waals surface area contributed by atoms with E-state index in [1.807, 2.05) is 24.3 Å². The molecule has 0 aromatic heterocycles. The standard InChI is InChI=1S/C33H32F2O3/c1-6-32(3,7-2)26-18-21-10-8-9-11-24(21)31-25(26)16-17-33(38-31,22-12-14-29(36-4)27(34)19-22)23-13-15-30(37-5)28(35)20-23/h8-20H,6-7H2,1-5H3. The summed E-state index contributed by atoms with van der Waals surface area (Å²) in [5.41, 5.74) is 1.87. The largest absolute Gasteiger partial charge is 0.494 e. The zero-order valence-corrected chi connectivity index (χ0v) is 22.4. The number of methoxy groups -OCH3 is 2. The Balaban J connectivity index is 1.82. The molecule has 0 radical (unpaired) electrons. The molecule has 0 fully saturated rings. The molecule has 0 unspecified atom stereocenters. The van der Waals surface area contributed by atoms with Crippen LogP contribution in [0, 0.1) is 11.6 Å². The number of halogens is 2. The summed E-state index contributed by atoms with van der Waals surface area (Å²) in [6.07, 6.45) is 5.87. The first kappa shape index (κ1) is 25.8. The summed E-state index contributed by atoms with van der Waals surface area (Å²) in [7, 11) is 2.85. The van der Waals surface area contributed by atoms with E-state index in [9.17, 15) is 0 Å². The van der Waals surface area contributed by atoms with Crippen molar-refractivity contribution < 1.29 is 23.0 Å². The van der Waals surface area contributed by atoms with E-state index in [0.29, 0.717) is 16.9 Å². The molecule has 0 saturated carbocycles. The van der Waals surface area contributed by atoms with Crippen LogP contribution in [0.15, 0.2) is 72.8 Å². The predicted octanol–water partition coefficient (Wildman–Crippen LogP) is 8.56. The van der Waals surface area contributed by atoms with Crippen molar-refractivity contribution in [3.63, 3.8) is 0 Å². The Morgan fingerprint density at radius 2 is 1.39 bits per heavy atom. The summed E-state index contributed by atoms with van der Waals surface area (Å²) in [5.74, 6) is -0.103. The molecule has 0 atom stereocenters. The van der Waals surface area contributed by atoms with Crippen LogP contribution >= 0.6 is 0 Å². The van der Waals surface area contributed by atoms with Gasteiger partial charge in [0.2, 0.25) is 0 Å². The normalized spacial score (nSPS) is 14.2. The first-order chi connectivity index (χ1) is 18.3.